The summed E-state index contributed by atoms with van der Waals surface area (Å²) < 4.78 is 67.9. The summed E-state index contributed by atoms with van der Waals surface area (Å²) in [6, 6.07) is 11.6. The lowest BCUT2D eigenvalue weighted by Gasteiger charge is -2.31. The first kappa shape index (κ1) is 27.9. The number of amides is 1. The molecule has 0 atom stereocenters. The van der Waals surface area contributed by atoms with Crippen molar-refractivity contribution in [2.45, 2.75) is 37.8 Å². The van der Waals surface area contributed by atoms with E-state index in [0.29, 0.717) is 47.8 Å². The molecule has 0 bridgehead atoms. The van der Waals surface area contributed by atoms with Crippen molar-refractivity contribution in [2.24, 2.45) is 0 Å². The van der Waals surface area contributed by atoms with Gasteiger partial charge in [-0.15, -0.1) is 0 Å². The fourth-order valence-electron chi connectivity index (χ4n) is 4.50. The van der Waals surface area contributed by atoms with E-state index in [9.17, 15) is 26.7 Å². The van der Waals surface area contributed by atoms with E-state index in [-0.39, 0.29) is 18.8 Å². The van der Waals surface area contributed by atoms with Crippen LogP contribution in [0, 0.1) is 11.3 Å². The molecule has 41 heavy (non-hydrogen) atoms. The number of hydrogen-bond donors (Lipinski definition) is 1. The van der Waals surface area contributed by atoms with Gasteiger partial charge in [0.05, 0.1) is 16.8 Å². The van der Waals surface area contributed by atoms with Crippen molar-refractivity contribution in [1.82, 2.24) is 24.3 Å². The number of fused-ring (bicyclic) bond motifs is 1. The summed E-state index contributed by atoms with van der Waals surface area (Å²) >= 11 is 0. The molecule has 8 nitrogen and oxygen atoms in total. The van der Waals surface area contributed by atoms with Crippen LogP contribution in [0.25, 0.3) is 16.9 Å². The minimum atomic E-state index is -4.48. The maximum absolute atomic E-state index is 13.6. The number of alkyl halides is 5. The molecule has 0 unspecified atom stereocenters. The van der Waals surface area contributed by atoms with Crippen LogP contribution in [0.2, 0.25) is 0 Å². The maximum Gasteiger partial charge on any atom is 0.416 e. The van der Waals surface area contributed by atoms with Gasteiger partial charge in [0.25, 0.3) is 11.8 Å². The van der Waals surface area contributed by atoms with E-state index in [1.165, 1.54) is 29.4 Å². The second-order valence-corrected chi connectivity index (χ2v) is 9.72. The van der Waals surface area contributed by atoms with E-state index < -0.39 is 36.4 Å². The molecule has 1 aliphatic rings. The predicted octanol–water partition coefficient (Wildman–Crippen LogP) is 5.60. The first-order valence-electron chi connectivity index (χ1n) is 12.9. The van der Waals surface area contributed by atoms with Gasteiger partial charge in [0.2, 0.25) is 5.95 Å². The number of benzene rings is 1. The lowest BCUT2D eigenvalue weighted by Crippen LogP contribution is -2.42. The van der Waals surface area contributed by atoms with E-state index in [0.717, 1.165) is 17.8 Å². The number of rotatable bonds is 7. The van der Waals surface area contributed by atoms with E-state index in [2.05, 4.69) is 20.3 Å². The van der Waals surface area contributed by atoms with Gasteiger partial charge in [-0.1, -0.05) is 12.1 Å². The molecule has 1 aliphatic heterocycles. The number of carbonyl (C=O) groups excluding carboxylic acids is 1. The topological polar surface area (TPSA) is 99.2 Å². The molecule has 1 N–H and O–H groups in total. The summed E-state index contributed by atoms with van der Waals surface area (Å²) in [5.41, 5.74) is 1.58. The average molecular weight is 570 g/mol. The van der Waals surface area contributed by atoms with Crippen LogP contribution < -0.4 is 5.32 Å². The zero-order valence-electron chi connectivity index (χ0n) is 21.6. The van der Waals surface area contributed by atoms with Crippen LogP contribution in [-0.2, 0) is 12.6 Å². The fourth-order valence-corrected chi connectivity index (χ4v) is 4.50. The first-order chi connectivity index (χ1) is 19.5. The van der Waals surface area contributed by atoms with Crippen LogP contribution in [0.1, 0.15) is 46.6 Å². The highest BCUT2D eigenvalue weighted by Crippen LogP contribution is 2.32. The van der Waals surface area contributed by atoms with Gasteiger partial charge < -0.3 is 10.2 Å². The number of aromatic nitrogens is 4. The number of pyridine rings is 1. The van der Waals surface area contributed by atoms with Crippen molar-refractivity contribution in [1.29, 1.82) is 5.26 Å². The number of anilines is 1. The second kappa shape index (κ2) is 11.1. The van der Waals surface area contributed by atoms with Crippen molar-refractivity contribution < 1.29 is 26.7 Å². The molecule has 0 saturated carbocycles. The minimum Gasteiger partial charge on any atom is -0.355 e. The number of nitriles is 1. The van der Waals surface area contributed by atoms with Gasteiger partial charge in [-0.05, 0) is 37.1 Å². The Labute approximate surface area is 231 Å². The lowest BCUT2D eigenvalue weighted by molar-refractivity contribution is -0.137. The minimum absolute atomic E-state index is 0.0476. The Bertz CT molecular complexity index is 1580. The van der Waals surface area contributed by atoms with Crippen LogP contribution in [0.15, 0.2) is 54.9 Å². The molecule has 1 saturated heterocycles. The molecule has 5 rings (SSSR count). The second-order valence-electron chi connectivity index (χ2n) is 9.72. The average Bonchev–Trinajstić information content (AvgIpc) is 3.39. The quantitative estimate of drug-likeness (QED) is 0.230. The molecule has 1 amide bonds. The Morgan fingerprint density at radius 2 is 1.80 bits per heavy atom. The van der Waals surface area contributed by atoms with Gasteiger partial charge in [0.1, 0.15) is 17.4 Å². The molecular weight excluding hydrogens is 545 g/mol. The zero-order chi connectivity index (χ0) is 29.2. The summed E-state index contributed by atoms with van der Waals surface area (Å²) in [6.07, 6.45) is -1.13. The van der Waals surface area contributed by atoms with Gasteiger partial charge in [-0.2, -0.15) is 18.4 Å². The Hall–Kier alpha value is -4.60. The Morgan fingerprint density at radius 1 is 1.07 bits per heavy atom. The summed E-state index contributed by atoms with van der Waals surface area (Å²) in [4.78, 5) is 27.7. The molecule has 0 spiro atoms. The smallest absolute Gasteiger partial charge is 0.355 e. The maximum atomic E-state index is 13.6. The SMILES string of the molecule is N#Cc1ccc(CCCNc2nc(-c3ccc(C(F)(F)F)cc3)cc3nc(C(=O)N4CCC(F)(F)CC4)cn23)nc1. The monoisotopic (exact) mass is 569 g/mol. The van der Waals surface area contributed by atoms with E-state index in [4.69, 9.17) is 5.26 Å². The van der Waals surface area contributed by atoms with Crippen molar-refractivity contribution in [3.63, 3.8) is 0 Å². The van der Waals surface area contributed by atoms with Gasteiger partial charge in [0.15, 0.2) is 0 Å². The molecular formula is C28H24F5N7O. The van der Waals surface area contributed by atoms with Gasteiger partial charge in [-0.3, -0.25) is 14.2 Å². The Balaban J connectivity index is 1.40. The van der Waals surface area contributed by atoms with Crippen LogP contribution in [0.5, 0.6) is 0 Å². The molecule has 0 radical (unpaired) electrons. The van der Waals surface area contributed by atoms with Crippen LogP contribution in [-0.4, -0.2) is 55.7 Å². The highest BCUT2D eigenvalue weighted by atomic mass is 19.4. The van der Waals surface area contributed by atoms with E-state index in [1.807, 2.05) is 6.07 Å². The summed E-state index contributed by atoms with van der Waals surface area (Å²) in [6.45, 7) is 0.245. The fraction of sp³-hybridized carbons (Fsp3) is 0.321. The number of hydrogen-bond acceptors (Lipinski definition) is 6. The number of imidazole rings is 1. The number of halogens is 5. The lowest BCUT2D eigenvalue weighted by atomic mass is 10.1. The van der Waals surface area contributed by atoms with Gasteiger partial charge >= 0.3 is 6.18 Å². The first-order valence-corrected chi connectivity index (χ1v) is 12.9. The van der Waals surface area contributed by atoms with Gasteiger partial charge in [0, 0.05) is 62.2 Å². The summed E-state index contributed by atoms with van der Waals surface area (Å²) in [5, 5.41) is 12.1. The Morgan fingerprint density at radius 3 is 2.44 bits per heavy atom. The highest BCUT2D eigenvalue weighted by Gasteiger charge is 2.36. The molecule has 0 aliphatic carbocycles. The van der Waals surface area contributed by atoms with Crippen molar-refractivity contribution in [3.05, 3.63) is 77.4 Å². The van der Waals surface area contributed by atoms with Crippen molar-refractivity contribution >= 4 is 17.5 Å². The number of carbonyl (C=O) groups is 1. The third-order valence-corrected chi connectivity index (χ3v) is 6.81. The van der Waals surface area contributed by atoms with Crippen LogP contribution >= 0.6 is 0 Å². The number of nitrogens with one attached hydrogen (secondary N) is 1. The highest BCUT2D eigenvalue weighted by molar-refractivity contribution is 5.93. The third-order valence-electron chi connectivity index (χ3n) is 6.81. The molecule has 3 aromatic heterocycles. The summed E-state index contributed by atoms with van der Waals surface area (Å²) in [7, 11) is 0. The molecule has 4 aromatic rings. The number of aryl methyl sites for hydroxylation is 1. The largest absolute Gasteiger partial charge is 0.416 e. The van der Waals surface area contributed by atoms with E-state index >= 15 is 0 Å². The van der Waals surface area contributed by atoms with Crippen LogP contribution in [0.4, 0.5) is 27.9 Å². The number of likely N-dealkylation sites (tertiary alicyclic amines) is 1. The molecule has 1 aromatic carbocycles. The normalized spacial score (nSPS) is 15.1. The third kappa shape index (κ3) is 6.42. The number of piperidine rings is 1. The molecule has 212 valence electrons. The zero-order valence-corrected chi connectivity index (χ0v) is 21.6. The molecule has 1 fully saturated rings. The van der Waals surface area contributed by atoms with Crippen molar-refractivity contribution in [3.8, 4) is 17.3 Å². The molecule has 13 heteroatoms. The van der Waals surface area contributed by atoms with Crippen molar-refractivity contribution in [2.75, 3.05) is 25.0 Å². The van der Waals surface area contributed by atoms with E-state index in [1.54, 1.807) is 22.6 Å². The standard InChI is InChI=1S/C28H24F5N7O/c29-27(30)9-12-39(13-10-27)25(41)23-17-40-24(37-23)14-22(19-4-6-20(7-5-19)28(31,32)33)38-26(40)35-11-1-2-21-8-3-18(15-34)16-36-21/h3-8,14,16-17H,1-2,9-13H2,(H,35,38). The Kier molecular flexibility index (Phi) is 7.57. The summed E-state index contributed by atoms with van der Waals surface area (Å²) in [5.74, 6) is -2.99. The molecule has 4 heterocycles. The van der Waals surface area contributed by atoms with Gasteiger partial charge in [-0.25, -0.2) is 18.7 Å². The predicted molar refractivity (Wildman–Crippen MR) is 139 cm³/mol. The van der Waals surface area contributed by atoms with Crippen LogP contribution in [0.3, 0.4) is 0 Å². The number of nitrogens with zero attached hydrogens (tertiary/aromatic N) is 6.